The number of amides is 1. The molecule has 1 N–H and O–H groups in total. The number of halogens is 1. The summed E-state index contributed by atoms with van der Waals surface area (Å²) in [6, 6.07) is 13.3. The summed E-state index contributed by atoms with van der Waals surface area (Å²) < 4.78 is 6.13. The van der Waals surface area contributed by atoms with Crippen molar-refractivity contribution in [1.29, 1.82) is 0 Å². The van der Waals surface area contributed by atoms with Gasteiger partial charge in [-0.25, -0.2) is 5.43 Å². The molecular weight excluding hydrogens is 378 g/mol. The van der Waals surface area contributed by atoms with Gasteiger partial charge in [-0.3, -0.25) is 14.9 Å². The van der Waals surface area contributed by atoms with E-state index in [4.69, 9.17) is 4.74 Å². The average Bonchev–Trinajstić information content (AvgIpc) is 2.58. The number of hydrazone groups is 1. The Bertz CT molecular complexity index is 775. The zero-order chi connectivity index (χ0) is 17.5. The predicted molar refractivity (Wildman–Crippen MR) is 93.1 cm³/mol. The van der Waals surface area contributed by atoms with E-state index in [0.717, 1.165) is 10.0 Å². The summed E-state index contributed by atoms with van der Waals surface area (Å²) in [7, 11) is 0. The molecule has 0 radical (unpaired) electrons. The first kappa shape index (κ1) is 17.6. The van der Waals surface area contributed by atoms with Crippen LogP contribution in [0.5, 0.6) is 5.75 Å². The number of rotatable bonds is 6. The molecule has 24 heavy (non-hydrogen) atoms. The van der Waals surface area contributed by atoms with Crippen molar-refractivity contribution in [1.82, 2.24) is 5.43 Å². The van der Waals surface area contributed by atoms with E-state index in [1.807, 2.05) is 24.3 Å². The first-order valence-corrected chi connectivity index (χ1v) is 7.72. The topological polar surface area (TPSA) is 93.8 Å². The Balaban J connectivity index is 1.93. The predicted octanol–water partition coefficient (Wildman–Crippen LogP) is 3.28. The largest absolute Gasteiger partial charge is 0.477 e. The van der Waals surface area contributed by atoms with E-state index in [1.165, 1.54) is 18.2 Å². The smallest absolute Gasteiger partial charge is 0.310 e. The zero-order valence-corrected chi connectivity index (χ0v) is 14.3. The highest BCUT2D eigenvalue weighted by molar-refractivity contribution is 9.10. The molecule has 0 aliphatic heterocycles. The van der Waals surface area contributed by atoms with Gasteiger partial charge >= 0.3 is 5.69 Å². The number of para-hydroxylation sites is 2. The Morgan fingerprint density at radius 1 is 1.25 bits per heavy atom. The number of carbonyl (C=O) groups is 1. The highest BCUT2D eigenvalue weighted by Crippen LogP contribution is 2.25. The van der Waals surface area contributed by atoms with E-state index in [1.54, 1.807) is 13.0 Å². The number of nitrogens with one attached hydrogen (secondary N) is 1. The van der Waals surface area contributed by atoms with Crippen molar-refractivity contribution in [2.75, 3.05) is 6.61 Å². The molecule has 124 valence electrons. The third-order valence-corrected chi connectivity index (χ3v) is 3.56. The minimum atomic E-state index is -0.566. The number of ether oxygens (including phenoxy) is 1. The van der Waals surface area contributed by atoms with E-state index >= 15 is 0 Å². The highest BCUT2D eigenvalue weighted by Gasteiger charge is 2.14. The summed E-state index contributed by atoms with van der Waals surface area (Å²) in [6.07, 6.45) is 0. The fourth-order valence-electron chi connectivity index (χ4n) is 1.81. The van der Waals surface area contributed by atoms with Crippen LogP contribution in [-0.2, 0) is 4.79 Å². The molecule has 2 aromatic rings. The summed E-state index contributed by atoms with van der Waals surface area (Å²) in [5.41, 5.74) is 3.65. The van der Waals surface area contributed by atoms with Gasteiger partial charge in [0.1, 0.15) is 0 Å². The minimum absolute atomic E-state index is 0.0336. The second-order valence-electron chi connectivity index (χ2n) is 4.75. The quantitative estimate of drug-likeness (QED) is 0.464. The Morgan fingerprint density at radius 2 is 1.92 bits per heavy atom. The number of carbonyl (C=O) groups excluding carboxylic acids is 1. The number of nitro groups is 1. The van der Waals surface area contributed by atoms with Gasteiger partial charge in [-0.05, 0) is 30.7 Å². The van der Waals surface area contributed by atoms with Crippen LogP contribution < -0.4 is 10.2 Å². The summed E-state index contributed by atoms with van der Waals surface area (Å²) in [5, 5.41) is 14.8. The third kappa shape index (κ3) is 4.88. The number of nitro benzene ring substituents is 1. The van der Waals surface area contributed by atoms with Crippen molar-refractivity contribution in [2.24, 2.45) is 5.10 Å². The van der Waals surface area contributed by atoms with E-state index in [-0.39, 0.29) is 18.0 Å². The van der Waals surface area contributed by atoms with Crippen LogP contribution in [0.15, 0.2) is 58.1 Å². The molecule has 0 aromatic heterocycles. The summed E-state index contributed by atoms with van der Waals surface area (Å²) in [5.74, 6) is -0.476. The number of hydrogen-bond acceptors (Lipinski definition) is 5. The first-order valence-electron chi connectivity index (χ1n) is 6.92. The molecule has 0 aliphatic carbocycles. The van der Waals surface area contributed by atoms with Gasteiger partial charge in [0.2, 0.25) is 0 Å². The Morgan fingerprint density at radius 3 is 2.58 bits per heavy atom. The second kappa shape index (κ2) is 8.21. The number of benzene rings is 2. The van der Waals surface area contributed by atoms with Crippen molar-refractivity contribution in [3.8, 4) is 5.75 Å². The third-order valence-electron chi connectivity index (χ3n) is 3.03. The summed E-state index contributed by atoms with van der Waals surface area (Å²) in [4.78, 5) is 22.1. The van der Waals surface area contributed by atoms with Gasteiger partial charge in [-0.2, -0.15) is 5.10 Å². The van der Waals surface area contributed by atoms with Crippen molar-refractivity contribution < 1.29 is 14.5 Å². The fraction of sp³-hybridized carbons (Fsp3) is 0.125. The molecule has 0 spiro atoms. The second-order valence-corrected chi connectivity index (χ2v) is 5.67. The van der Waals surface area contributed by atoms with Crippen LogP contribution in [-0.4, -0.2) is 23.1 Å². The molecule has 0 bridgehead atoms. The molecule has 2 rings (SSSR count). The lowest BCUT2D eigenvalue weighted by Crippen LogP contribution is -2.25. The Kier molecular flexibility index (Phi) is 6.02. The normalized spacial score (nSPS) is 11.0. The van der Waals surface area contributed by atoms with Gasteiger partial charge < -0.3 is 4.74 Å². The van der Waals surface area contributed by atoms with Crippen LogP contribution in [0.3, 0.4) is 0 Å². The van der Waals surface area contributed by atoms with Gasteiger partial charge in [-0.1, -0.05) is 40.2 Å². The molecule has 7 nitrogen and oxygen atoms in total. The number of hydrogen-bond donors (Lipinski definition) is 1. The van der Waals surface area contributed by atoms with Gasteiger partial charge in [0, 0.05) is 10.5 Å². The molecule has 0 saturated heterocycles. The lowest BCUT2D eigenvalue weighted by Gasteiger charge is -2.06. The molecular formula is C16H14BrN3O4. The molecule has 2 aromatic carbocycles. The fourth-order valence-corrected chi connectivity index (χ4v) is 2.07. The minimum Gasteiger partial charge on any atom is -0.477 e. The lowest BCUT2D eigenvalue weighted by atomic mass is 10.1. The molecule has 0 unspecified atom stereocenters. The SMILES string of the molecule is C/C(=N\NC(=O)COc1ccccc1[N+](=O)[O-])c1ccc(Br)cc1. The Hall–Kier alpha value is -2.74. The van der Waals surface area contributed by atoms with Gasteiger partial charge in [0.15, 0.2) is 12.4 Å². The average molecular weight is 392 g/mol. The lowest BCUT2D eigenvalue weighted by molar-refractivity contribution is -0.385. The highest BCUT2D eigenvalue weighted by atomic mass is 79.9. The van der Waals surface area contributed by atoms with Crippen LogP contribution in [0.1, 0.15) is 12.5 Å². The van der Waals surface area contributed by atoms with Gasteiger partial charge in [0.05, 0.1) is 10.6 Å². The van der Waals surface area contributed by atoms with Crippen molar-refractivity contribution in [2.45, 2.75) is 6.92 Å². The van der Waals surface area contributed by atoms with Crippen molar-refractivity contribution in [3.05, 3.63) is 68.7 Å². The van der Waals surface area contributed by atoms with E-state index < -0.39 is 10.8 Å². The van der Waals surface area contributed by atoms with Gasteiger partial charge in [0.25, 0.3) is 5.91 Å². The molecule has 8 heteroatoms. The Labute approximate surface area is 146 Å². The summed E-state index contributed by atoms with van der Waals surface area (Å²) >= 11 is 3.34. The van der Waals surface area contributed by atoms with Crippen LogP contribution in [0, 0.1) is 10.1 Å². The maximum Gasteiger partial charge on any atom is 0.310 e. The van der Waals surface area contributed by atoms with Crippen LogP contribution >= 0.6 is 15.9 Å². The van der Waals surface area contributed by atoms with E-state index in [2.05, 4.69) is 26.5 Å². The van der Waals surface area contributed by atoms with E-state index in [9.17, 15) is 14.9 Å². The van der Waals surface area contributed by atoms with Gasteiger partial charge in [-0.15, -0.1) is 0 Å². The van der Waals surface area contributed by atoms with E-state index in [0.29, 0.717) is 5.71 Å². The van der Waals surface area contributed by atoms with Crippen LogP contribution in [0.25, 0.3) is 0 Å². The molecule has 1 amide bonds. The standard InChI is InChI=1S/C16H14BrN3O4/c1-11(12-6-8-13(17)9-7-12)18-19-16(21)10-24-15-5-3-2-4-14(15)20(22)23/h2-9H,10H2,1H3,(H,19,21)/b18-11+. The monoisotopic (exact) mass is 391 g/mol. The number of nitrogens with zero attached hydrogens (tertiary/aromatic N) is 2. The maximum absolute atomic E-state index is 11.8. The maximum atomic E-state index is 11.8. The van der Waals surface area contributed by atoms with Crippen LogP contribution in [0.2, 0.25) is 0 Å². The molecule has 0 aliphatic rings. The van der Waals surface area contributed by atoms with Crippen molar-refractivity contribution >= 4 is 33.2 Å². The zero-order valence-electron chi connectivity index (χ0n) is 12.7. The molecule has 0 fully saturated rings. The summed E-state index contributed by atoms with van der Waals surface area (Å²) in [6.45, 7) is 1.38. The first-order chi connectivity index (χ1) is 11.5. The molecule has 0 heterocycles. The molecule has 0 atom stereocenters. The van der Waals surface area contributed by atoms with Crippen molar-refractivity contribution in [3.63, 3.8) is 0 Å². The van der Waals surface area contributed by atoms with Crippen LogP contribution in [0.4, 0.5) is 5.69 Å². The molecule has 0 saturated carbocycles.